The van der Waals surface area contributed by atoms with Crippen LogP contribution in [0.5, 0.6) is 0 Å². The summed E-state index contributed by atoms with van der Waals surface area (Å²) < 4.78 is 15.8. The highest BCUT2D eigenvalue weighted by Gasteiger charge is 2.43. The van der Waals surface area contributed by atoms with Gasteiger partial charge in [0.2, 0.25) is 0 Å². The van der Waals surface area contributed by atoms with Gasteiger partial charge in [-0.3, -0.25) is 4.79 Å². The molecule has 0 aromatic carbocycles. The SMILES string of the molecule is CC(=O)OC1COC2CCOC21. The van der Waals surface area contributed by atoms with Gasteiger partial charge >= 0.3 is 5.97 Å². The van der Waals surface area contributed by atoms with Crippen LogP contribution in [0.2, 0.25) is 0 Å². The second-order valence-corrected chi connectivity index (χ2v) is 3.14. The molecule has 3 atom stereocenters. The van der Waals surface area contributed by atoms with Gasteiger partial charge in [-0.05, 0) is 6.42 Å². The first-order valence-electron chi connectivity index (χ1n) is 4.18. The Morgan fingerprint density at radius 2 is 2.33 bits per heavy atom. The predicted octanol–water partition coefficient (Wildman–Crippen LogP) is 0.106. The molecule has 2 aliphatic heterocycles. The van der Waals surface area contributed by atoms with Crippen molar-refractivity contribution in [1.82, 2.24) is 0 Å². The molecule has 68 valence electrons. The molecule has 2 saturated heterocycles. The standard InChI is InChI=1S/C8H12O4/c1-5(9)12-7-4-11-6-2-3-10-8(6)7/h6-8H,2-4H2,1H3. The third-order valence-corrected chi connectivity index (χ3v) is 2.24. The van der Waals surface area contributed by atoms with E-state index >= 15 is 0 Å². The van der Waals surface area contributed by atoms with E-state index in [1.54, 1.807) is 0 Å². The van der Waals surface area contributed by atoms with Crippen molar-refractivity contribution in [3.63, 3.8) is 0 Å². The molecule has 0 bridgehead atoms. The minimum Gasteiger partial charge on any atom is -0.457 e. The number of ether oxygens (including phenoxy) is 3. The van der Waals surface area contributed by atoms with E-state index in [1.807, 2.05) is 0 Å². The molecule has 0 radical (unpaired) electrons. The van der Waals surface area contributed by atoms with E-state index in [9.17, 15) is 4.79 Å². The first kappa shape index (κ1) is 8.01. The van der Waals surface area contributed by atoms with Crippen molar-refractivity contribution in [2.75, 3.05) is 13.2 Å². The van der Waals surface area contributed by atoms with Crippen LogP contribution < -0.4 is 0 Å². The number of fused-ring (bicyclic) bond motifs is 1. The van der Waals surface area contributed by atoms with E-state index in [-0.39, 0.29) is 24.3 Å². The van der Waals surface area contributed by atoms with Gasteiger partial charge in [0.1, 0.15) is 6.10 Å². The molecule has 0 aliphatic carbocycles. The smallest absolute Gasteiger partial charge is 0.303 e. The Hall–Kier alpha value is -0.610. The van der Waals surface area contributed by atoms with Crippen molar-refractivity contribution in [3.8, 4) is 0 Å². The van der Waals surface area contributed by atoms with E-state index < -0.39 is 0 Å². The minimum atomic E-state index is -0.264. The number of hydrogen-bond donors (Lipinski definition) is 0. The predicted molar refractivity (Wildman–Crippen MR) is 39.7 cm³/mol. The fraction of sp³-hybridized carbons (Fsp3) is 0.875. The molecule has 0 saturated carbocycles. The summed E-state index contributed by atoms with van der Waals surface area (Å²) in [6, 6.07) is 0. The fourth-order valence-electron chi connectivity index (χ4n) is 1.74. The van der Waals surface area contributed by atoms with Crippen LogP contribution in [0.3, 0.4) is 0 Å². The number of rotatable bonds is 1. The lowest BCUT2D eigenvalue weighted by atomic mass is 10.1. The zero-order chi connectivity index (χ0) is 8.55. The molecule has 2 aliphatic rings. The molecule has 0 aromatic rings. The van der Waals surface area contributed by atoms with Crippen molar-refractivity contribution in [3.05, 3.63) is 0 Å². The first-order chi connectivity index (χ1) is 5.77. The Morgan fingerprint density at radius 3 is 3.08 bits per heavy atom. The lowest BCUT2D eigenvalue weighted by Gasteiger charge is -2.14. The number of hydrogen-bond acceptors (Lipinski definition) is 4. The molecular formula is C8H12O4. The number of esters is 1. The van der Waals surface area contributed by atoms with Crippen LogP contribution in [-0.4, -0.2) is 37.5 Å². The Morgan fingerprint density at radius 1 is 1.50 bits per heavy atom. The van der Waals surface area contributed by atoms with Crippen molar-refractivity contribution >= 4 is 5.97 Å². The van der Waals surface area contributed by atoms with Crippen molar-refractivity contribution in [1.29, 1.82) is 0 Å². The zero-order valence-corrected chi connectivity index (χ0v) is 6.99. The zero-order valence-electron chi connectivity index (χ0n) is 6.99. The highest BCUT2D eigenvalue weighted by atomic mass is 16.6. The van der Waals surface area contributed by atoms with Gasteiger partial charge in [0.15, 0.2) is 6.10 Å². The molecule has 4 nitrogen and oxygen atoms in total. The summed E-state index contributed by atoms with van der Waals surface area (Å²) in [5.74, 6) is -0.264. The summed E-state index contributed by atoms with van der Waals surface area (Å²) in [7, 11) is 0. The van der Waals surface area contributed by atoms with Gasteiger partial charge in [0, 0.05) is 13.5 Å². The van der Waals surface area contributed by atoms with E-state index in [1.165, 1.54) is 6.92 Å². The molecule has 3 unspecified atom stereocenters. The summed E-state index contributed by atoms with van der Waals surface area (Å²) in [5, 5.41) is 0. The summed E-state index contributed by atoms with van der Waals surface area (Å²) >= 11 is 0. The molecule has 12 heavy (non-hydrogen) atoms. The molecule has 0 aromatic heterocycles. The van der Waals surface area contributed by atoms with Crippen LogP contribution in [0.15, 0.2) is 0 Å². The van der Waals surface area contributed by atoms with Gasteiger partial charge in [-0.15, -0.1) is 0 Å². The molecule has 0 amide bonds. The van der Waals surface area contributed by atoms with Gasteiger partial charge in [0.25, 0.3) is 0 Å². The largest absolute Gasteiger partial charge is 0.457 e. The Kier molecular flexibility index (Phi) is 2.02. The van der Waals surface area contributed by atoms with Crippen LogP contribution >= 0.6 is 0 Å². The second-order valence-electron chi connectivity index (χ2n) is 3.14. The Balaban J connectivity index is 1.95. The van der Waals surface area contributed by atoms with Crippen LogP contribution in [0, 0.1) is 0 Å². The van der Waals surface area contributed by atoms with Crippen LogP contribution in [0.1, 0.15) is 13.3 Å². The summed E-state index contributed by atoms with van der Waals surface area (Å²) in [6.07, 6.45) is 0.862. The van der Waals surface area contributed by atoms with E-state index in [0.717, 1.165) is 6.42 Å². The molecule has 4 heteroatoms. The quantitative estimate of drug-likeness (QED) is 0.526. The third kappa shape index (κ3) is 1.32. The fourth-order valence-corrected chi connectivity index (χ4v) is 1.74. The van der Waals surface area contributed by atoms with Crippen molar-refractivity contribution in [2.24, 2.45) is 0 Å². The molecule has 2 fully saturated rings. The van der Waals surface area contributed by atoms with Crippen LogP contribution in [0.4, 0.5) is 0 Å². The summed E-state index contributed by atoms with van der Waals surface area (Å²) in [4.78, 5) is 10.7. The van der Waals surface area contributed by atoms with Crippen LogP contribution in [-0.2, 0) is 19.0 Å². The maximum atomic E-state index is 10.7. The lowest BCUT2D eigenvalue weighted by molar-refractivity contribution is -0.150. The van der Waals surface area contributed by atoms with Gasteiger partial charge in [-0.25, -0.2) is 0 Å². The number of carbonyl (C=O) groups excluding carboxylic acids is 1. The molecular weight excluding hydrogens is 160 g/mol. The monoisotopic (exact) mass is 172 g/mol. The molecule has 2 heterocycles. The highest BCUT2D eigenvalue weighted by Crippen LogP contribution is 2.28. The van der Waals surface area contributed by atoms with Gasteiger partial charge in [0.05, 0.1) is 12.7 Å². The molecule has 2 rings (SSSR count). The summed E-state index contributed by atoms with van der Waals surface area (Å²) in [5.41, 5.74) is 0. The van der Waals surface area contributed by atoms with Crippen molar-refractivity contribution < 1.29 is 19.0 Å². The molecule has 0 spiro atoms. The normalized spacial score (nSPS) is 39.6. The van der Waals surface area contributed by atoms with E-state index in [0.29, 0.717) is 13.2 Å². The second kappa shape index (κ2) is 3.03. The van der Waals surface area contributed by atoms with E-state index in [2.05, 4.69) is 0 Å². The summed E-state index contributed by atoms with van der Waals surface area (Å²) in [6.45, 7) is 2.60. The minimum absolute atomic E-state index is 0.0195. The maximum absolute atomic E-state index is 10.7. The Bertz CT molecular complexity index is 191. The lowest BCUT2D eigenvalue weighted by Crippen LogP contribution is -2.31. The van der Waals surface area contributed by atoms with E-state index in [4.69, 9.17) is 14.2 Å². The van der Waals surface area contributed by atoms with Gasteiger partial charge < -0.3 is 14.2 Å². The Labute approximate surface area is 70.8 Å². The van der Waals surface area contributed by atoms with Gasteiger partial charge in [-0.2, -0.15) is 0 Å². The molecule has 0 N–H and O–H groups in total. The highest BCUT2D eigenvalue weighted by molar-refractivity contribution is 5.66. The first-order valence-corrected chi connectivity index (χ1v) is 4.18. The average Bonchev–Trinajstić information content (AvgIpc) is 2.52. The third-order valence-electron chi connectivity index (χ3n) is 2.24. The van der Waals surface area contributed by atoms with Gasteiger partial charge in [-0.1, -0.05) is 0 Å². The maximum Gasteiger partial charge on any atom is 0.303 e. The number of carbonyl (C=O) groups is 1. The van der Waals surface area contributed by atoms with Crippen LogP contribution in [0.25, 0.3) is 0 Å². The topological polar surface area (TPSA) is 44.8 Å². The van der Waals surface area contributed by atoms with Crippen molar-refractivity contribution in [2.45, 2.75) is 31.7 Å². The average molecular weight is 172 g/mol.